The predicted octanol–water partition coefficient (Wildman–Crippen LogP) is -0.671. The Bertz CT molecular complexity index is 1590. The highest BCUT2D eigenvalue weighted by Gasteiger charge is 2.56. The first-order valence-corrected chi connectivity index (χ1v) is 22.5. The molecule has 4 fully saturated rings. The third-order valence-corrected chi connectivity index (χ3v) is 14.4. The van der Waals surface area contributed by atoms with Gasteiger partial charge in [0, 0.05) is 44.4 Å². The Balaban J connectivity index is 1.99. The van der Waals surface area contributed by atoms with Gasteiger partial charge in [-0.3, -0.25) is 9.59 Å². The maximum absolute atomic E-state index is 15.1. The molecular weight excluding hydrogens is 862 g/mol. The minimum absolute atomic E-state index is 0.0707. The molecule has 0 aliphatic carbocycles. The molecule has 0 radical (unpaired) electrons. The third kappa shape index (κ3) is 11.9. The molecule has 21 heteroatoms. The van der Waals surface area contributed by atoms with Crippen molar-refractivity contribution in [1.82, 2.24) is 4.90 Å². The normalized spacial score (nSPS) is 48.7. The number of ether oxygens (including phenoxy) is 9. The van der Waals surface area contributed by atoms with E-state index < -0.39 is 163 Å². The van der Waals surface area contributed by atoms with Crippen LogP contribution in [-0.4, -0.2) is 213 Å². The van der Waals surface area contributed by atoms with Crippen molar-refractivity contribution in [2.45, 2.75) is 203 Å². The second-order valence-corrected chi connectivity index (χ2v) is 19.5. The Morgan fingerprint density at radius 2 is 1.42 bits per heavy atom. The van der Waals surface area contributed by atoms with E-state index in [9.17, 15) is 50.4 Å². The van der Waals surface area contributed by atoms with E-state index >= 15 is 4.79 Å². The summed E-state index contributed by atoms with van der Waals surface area (Å²) in [6.45, 7) is 13.5. The quantitative estimate of drug-likeness (QED) is 0.113. The van der Waals surface area contributed by atoms with Crippen LogP contribution in [0.5, 0.6) is 0 Å². The number of aliphatic hydroxyl groups is 7. The molecule has 0 aromatic rings. The number of carboxylic acids is 1. The summed E-state index contributed by atoms with van der Waals surface area (Å²) in [7, 11) is 6.40. The van der Waals surface area contributed by atoms with Crippen LogP contribution in [0.1, 0.15) is 88.0 Å². The van der Waals surface area contributed by atoms with Gasteiger partial charge in [-0.1, -0.05) is 27.7 Å². The van der Waals surface area contributed by atoms with Crippen LogP contribution in [0, 0.1) is 23.7 Å². The van der Waals surface area contributed by atoms with E-state index in [2.05, 4.69) is 0 Å². The Morgan fingerprint density at radius 1 is 0.800 bits per heavy atom. The topological polar surface area (TPSA) is 299 Å². The Morgan fingerprint density at radius 3 is 1.97 bits per heavy atom. The molecule has 23 unspecified atom stereocenters. The minimum Gasteiger partial charge on any atom is -0.479 e. The number of aliphatic carboxylic acids is 1. The first kappa shape index (κ1) is 55.6. The monoisotopic (exact) mass is 940 g/mol. The average Bonchev–Trinajstić information content (AvgIpc) is 3.24. The van der Waals surface area contributed by atoms with Gasteiger partial charge in [-0.25, -0.2) is 4.79 Å². The molecule has 0 bridgehead atoms. The molecule has 4 rings (SSSR count). The molecule has 0 aromatic carbocycles. The highest BCUT2D eigenvalue weighted by Crippen LogP contribution is 2.42. The van der Waals surface area contributed by atoms with Crippen molar-refractivity contribution in [3.8, 4) is 0 Å². The van der Waals surface area contributed by atoms with Gasteiger partial charge in [0.2, 0.25) is 0 Å². The lowest BCUT2D eigenvalue weighted by Gasteiger charge is -2.50. The van der Waals surface area contributed by atoms with Crippen molar-refractivity contribution in [2.24, 2.45) is 23.7 Å². The number of esters is 1. The highest BCUT2D eigenvalue weighted by molar-refractivity contribution is 5.83. The maximum atomic E-state index is 15.1. The summed E-state index contributed by atoms with van der Waals surface area (Å²) in [5.74, 6) is -8.07. The van der Waals surface area contributed by atoms with Crippen LogP contribution < -0.4 is 0 Å². The number of ketones is 1. The Kier molecular flexibility index (Phi) is 18.9. The summed E-state index contributed by atoms with van der Waals surface area (Å²) in [4.78, 5) is 43.2. The van der Waals surface area contributed by atoms with Crippen molar-refractivity contribution in [2.75, 3.05) is 34.9 Å². The number of carbonyl (C=O) groups is 3. The molecule has 4 aliphatic heterocycles. The number of methoxy groups -OCH3 is 2. The van der Waals surface area contributed by atoms with Crippen LogP contribution in [0.2, 0.25) is 0 Å². The van der Waals surface area contributed by atoms with Crippen LogP contribution in [0.3, 0.4) is 0 Å². The fourth-order valence-corrected chi connectivity index (χ4v) is 10.0. The number of likely N-dealkylation sites (N-methyl/N-ethyl adjacent to an activating group) is 1. The summed E-state index contributed by atoms with van der Waals surface area (Å²) in [5, 5.41) is 88.4. The molecule has 4 saturated heterocycles. The van der Waals surface area contributed by atoms with Crippen LogP contribution in [-0.2, 0) is 57.0 Å². The third-order valence-electron chi connectivity index (χ3n) is 14.4. The zero-order valence-corrected chi connectivity index (χ0v) is 40.0. The molecule has 378 valence electrons. The van der Waals surface area contributed by atoms with Gasteiger partial charge in [0.1, 0.15) is 53.9 Å². The standard InChI is InChI=1S/C44H77NO20/c1-14-26-44(9,56)35(51)21(4)28(46)19(2)16-43(8,58-13)37(65-41-29(47)25(45(10)11)15-20(3)60-41)22(5)33(63-27-17-42(7,57-12)36(52)23(6)61-27)24(39(55)62-26)18-59-40-32(50)30(48)31(49)34(64-40)38(53)54/h19-27,29-37,40-41,47-52,56H,14-18H2,1-13H3,(H,53,54). The van der Waals surface area contributed by atoms with Gasteiger partial charge in [0.05, 0.1) is 48.3 Å². The lowest BCUT2D eigenvalue weighted by molar-refractivity contribution is -0.324. The molecular formula is C44H77NO20. The number of hydrogen-bond acceptors (Lipinski definition) is 20. The van der Waals surface area contributed by atoms with Crippen LogP contribution in [0.15, 0.2) is 0 Å². The van der Waals surface area contributed by atoms with Gasteiger partial charge in [0.25, 0.3) is 0 Å². The number of hydrogen-bond donors (Lipinski definition) is 8. The molecule has 21 nitrogen and oxygen atoms in total. The minimum atomic E-state index is -2.23. The fourth-order valence-electron chi connectivity index (χ4n) is 10.0. The zero-order valence-electron chi connectivity index (χ0n) is 40.0. The second kappa shape index (κ2) is 22.2. The average molecular weight is 940 g/mol. The second-order valence-electron chi connectivity index (χ2n) is 19.5. The van der Waals surface area contributed by atoms with E-state index in [-0.39, 0.29) is 19.3 Å². The van der Waals surface area contributed by atoms with Crippen molar-refractivity contribution in [3.63, 3.8) is 0 Å². The molecule has 8 N–H and O–H groups in total. The first-order chi connectivity index (χ1) is 30.1. The smallest absolute Gasteiger partial charge is 0.335 e. The molecule has 4 heterocycles. The van der Waals surface area contributed by atoms with Gasteiger partial charge in [-0.15, -0.1) is 0 Å². The molecule has 0 spiro atoms. The van der Waals surface area contributed by atoms with E-state index in [1.54, 1.807) is 55.6 Å². The summed E-state index contributed by atoms with van der Waals surface area (Å²) in [6.07, 6.45) is -22.2. The number of carboxylic acid groups (broad SMARTS) is 1. The van der Waals surface area contributed by atoms with Gasteiger partial charge < -0.3 is 88.4 Å². The van der Waals surface area contributed by atoms with Crippen LogP contribution >= 0.6 is 0 Å². The number of aliphatic hydroxyl groups excluding tert-OH is 6. The predicted molar refractivity (Wildman–Crippen MR) is 226 cm³/mol. The van der Waals surface area contributed by atoms with Gasteiger partial charge in [0.15, 0.2) is 25.0 Å². The molecule has 23 atom stereocenters. The van der Waals surface area contributed by atoms with E-state index in [4.69, 9.17) is 42.6 Å². The molecule has 4 aliphatic rings. The van der Waals surface area contributed by atoms with E-state index in [1.807, 2.05) is 11.8 Å². The Hall–Kier alpha value is -2.03. The molecule has 0 saturated carbocycles. The van der Waals surface area contributed by atoms with Gasteiger partial charge in [-0.2, -0.15) is 0 Å². The van der Waals surface area contributed by atoms with E-state index in [1.165, 1.54) is 28.1 Å². The number of cyclic esters (lactones) is 1. The number of rotatable bonds is 12. The van der Waals surface area contributed by atoms with E-state index in [0.717, 1.165) is 0 Å². The van der Waals surface area contributed by atoms with Crippen molar-refractivity contribution in [1.29, 1.82) is 0 Å². The summed E-state index contributed by atoms with van der Waals surface area (Å²) in [6, 6.07) is -0.433. The first-order valence-electron chi connectivity index (χ1n) is 22.5. The lowest BCUT2D eigenvalue weighted by Crippen LogP contribution is -2.62. The summed E-state index contributed by atoms with van der Waals surface area (Å²) < 4.78 is 55.6. The van der Waals surface area contributed by atoms with Crippen LogP contribution in [0.4, 0.5) is 0 Å². The van der Waals surface area contributed by atoms with Gasteiger partial charge in [-0.05, 0) is 68.0 Å². The van der Waals surface area contributed by atoms with Gasteiger partial charge >= 0.3 is 11.9 Å². The van der Waals surface area contributed by atoms with Crippen LogP contribution in [0.25, 0.3) is 0 Å². The Labute approximate surface area is 381 Å². The highest BCUT2D eigenvalue weighted by atomic mass is 16.7. The number of nitrogens with zero attached hydrogens (tertiary/aromatic N) is 1. The number of Topliss-reactive ketones (excluding diaryl/α,β-unsaturated/α-hetero) is 1. The summed E-state index contributed by atoms with van der Waals surface area (Å²) >= 11 is 0. The van der Waals surface area contributed by atoms with Crippen molar-refractivity contribution in [3.05, 3.63) is 0 Å². The fraction of sp³-hybridized carbons (Fsp3) is 0.932. The molecule has 0 aromatic heterocycles. The molecule has 65 heavy (non-hydrogen) atoms. The lowest BCUT2D eigenvalue weighted by atomic mass is 9.73. The maximum Gasteiger partial charge on any atom is 0.335 e. The summed E-state index contributed by atoms with van der Waals surface area (Å²) in [5.41, 5.74) is -4.98. The SMILES string of the molecule is CCC1OC(=O)C(COC2OC(C(=O)O)C(O)C(O)C2O)C(OC2CC(C)(OC)C(O)C(C)O2)C(C)C(OC2OC(C)CC(N(C)C)C2O)C(C)(OC)CC(C)C(=O)C(C)C(O)C1(C)O. The number of carbonyl (C=O) groups excluding carboxylic acids is 2. The van der Waals surface area contributed by atoms with Crippen molar-refractivity contribution >= 4 is 17.7 Å². The van der Waals surface area contributed by atoms with Crippen molar-refractivity contribution < 1.29 is 97.9 Å². The zero-order chi connectivity index (χ0) is 49.3. The van der Waals surface area contributed by atoms with E-state index in [0.29, 0.717) is 6.42 Å². The molecule has 0 amide bonds. The largest absolute Gasteiger partial charge is 0.479 e.